The molecule has 0 atom stereocenters. The smallest absolute Gasteiger partial charge is 0.266 e. The average Bonchev–Trinajstić information content (AvgIpc) is 3.12. The molecular formula is C13H10BrN5OS. The molecule has 0 unspecified atom stereocenters. The molecule has 0 bridgehead atoms. The number of tetrazole rings is 1. The number of carbonyl (C=O) groups is 1. The van der Waals surface area contributed by atoms with E-state index < -0.39 is 0 Å². The summed E-state index contributed by atoms with van der Waals surface area (Å²) in [4.78, 5) is 12.9. The van der Waals surface area contributed by atoms with E-state index in [1.54, 1.807) is 0 Å². The first kappa shape index (κ1) is 13.9. The molecule has 0 saturated carbocycles. The number of thiophene rings is 1. The van der Waals surface area contributed by atoms with E-state index in [0.29, 0.717) is 4.88 Å². The number of carbonyl (C=O) groups excluding carboxylic acids is 1. The van der Waals surface area contributed by atoms with E-state index in [-0.39, 0.29) is 5.91 Å². The van der Waals surface area contributed by atoms with Crippen molar-refractivity contribution < 1.29 is 4.79 Å². The predicted octanol–water partition coefficient (Wildman–Crippen LogP) is 3.05. The fraction of sp³-hybridized carbons (Fsp3) is 0.0769. The second-order valence-corrected chi connectivity index (χ2v) is 6.08. The molecular weight excluding hydrogens is 354 g/mol. The summed E-state index contributed by atoms with van der Waals surface area (Å²) in [5.41, 5.74) is 2.48. The summed E-state index contributed by atoms with van der Waals surface area (Å²) >= 11 is 4.75. The van der Waals surface area contributed by atoms with Crippen LogP contribution in [0.3, 0.4) is 0 Å². The Kier molecular flexibility index (Phi) is 3.80. The molecule has 1 amide bonds. The molecule has 0 fully saturated rings. The number of benzene rings is 1. The monoisotopic (exact) mass is 363 g/mol. The average molecular weight is 364 g/mol. The van der Waals surface area contributed by atoms with Gasteiger partial charge in [0.15, 0.2) is 0 Å². The van der Waals surface area contributed by atoms with Crippen LogP contribution in [-0.4, -0.2) is 26.1 Å². The number of hydrogen-bond donors (Lipinski definition) is 1. The van der Waals surface area contributed by atoms with E-state index in [1.807, 2.05) is 36.6 Å². The molecule has 3 rings (SSSR count). The Labute approximate surface area is 132 Å². The molecule has 0 aliphatic carbocycles. The number of aryl methyl sites for hydroxylation is 1. The predicted molar refractivity (Wildman–Crippen MR) is 83.9 cm³/mol. The van der Waals surface area contributed by atoms with Crippen LogP contribution in [0.2, 0.25) is 0 Å². The number of amides is 1. The second kappa shape index (κ2) is 5.74. The summed E-state index contributed by atoms with van der Waals surface area (Å²) in [5.74, 6) is -0.145. The van der Waals surface area contributed by atoms with Gasteiger partial charge in [-0.3, -0.25) is 4.79 Å². The van der Waals surface area contributed by atoms with Crippen LogP contribution in [0, 0.1) is 6.92 Å². The maximum atomic E-state index is 12.3. The minimum atomic E-state index is -0.145. The van der Waals surface area contributed by atoms with Crippen LogP contribution < -0.4 is 5.32 Å². The lowest BCUT2D eigenvalue weighted by molar-refractivity contribution is 0.103. The molecule has 106 valence electrons. The van der Waals surface area contributed by atoms with Gasteiger partial charge in [-0.25, -0.2) is 4.68 Å². The Morgan fingerprint density at radius 2 is 2.24 bits per heavy atom. The van der Waals surface area contributed by atoms with Crippen LogP contribution in [0.25, 0.3) is 5.69 Å². The quantitative estimate of drug-likeness (QED) is 0.775. The van der Waals surface area contributed by atoms with Crippen LogP contribution in [0.5, 0.6) is 0 Å². The minimum Gasteiger partial charge on any atom is -0.321 e. The number of anilines is 1. The lowest BCUT2D eigenvalue weighted by Gasteiger charge is -2.10. The largest absolute Gasteiger partial charge is 0.321 e. The fourth-order valence-electron chi connectivity index (χ4n) is 1.80. The highest BCUT2D eigenvalue weighted by Gasteiger charge is 2.13. The van der Waals surface area contributed by atoms with Crippen molar-refractivity contribution in [2.45, 2.75) is 6.92 Å². The third-order valence-corrected chi connectivity index (χ3v) is 4.74. The van der Waals surface area contributed by atoms with Crippen LogP contribution in [0.15, 0.2) is 40.4 Å². The number of hydrogen-bond acceptors (Lipinski definition) is 5. The van der Waals surface area contributed by atoms with Crippen molar-refractivity contribution in [1.82, 2.24) is 20.2 Å². The number of nitrogens with one attached hydrogen (secondary N) is 1. The summed E-state index contributed by atoms with van der Waals surface area (Å²) in [7, 11) is 0. The van der Waals surface area contributed by atoms with E-state index in [1.165, 1.54) is 22.3 Å². The molecule has 2 aromatic heterocycles. The third-order valence-electron chi connectivity index (χ3n) is 2.91. The molecule has 1 aromatic carbocycles. The van der Waals surface area contributed by atoms with Crippen molar-refractivity contribution in [1.29, 1.82) is 0 Å². The Morgan fingerprint density at radius 3 is 2.90 bits per heavy atom. The van der Waals surface area contributed by atoms with Crippen LogP contribution in [0.4, 0.5) is 5.69 Å². The van der Waals surface area contributed by atoms with Crippen molar-refractivity contribution in [3.63, 3.8) is 0 Å². The lowest BCUT2D eigenvalue weighted by atomic mass is 10.1. The van der Waals surface area contributed by atoms with Gasteiger partial charge in [0.05, 0.1) is 5.69 Å². The maximum Gasteiger partial charge on any atom is 0.266 e. The summed E-state index contributed by atoms with van der Waals surface area (Å²) in [6.45, 7) is 1.93. The minimum absolute atomic E-state index is 0.145. The van der Waals surface area contributed by atoms with Gasteiger partial charge in [0.1, 0.15) is 11.2 Å². The number of halogens is 1. The maximum absolute atomic E-state index is 12.3. The highest BCUT2D eigenvalue weighted by molar-refractivity contribution is 9.10. The summed E-state index contributed by atoms with van der Waals surface area (Å²) in [6, 6.07) is 7.49. The molecule has 6 nitrogen and oxygen atoms in total. The highest BCUT2D eigenvalue weighted by Crippen LogP contribution is 2.25. The van der Waals surface area contributed by atoms with Gasteiger partial charge in [-0.1, -0.05) is 6.07 Å². The van der Waals surface area contributed by atoms with Crippen molar-refractivity contribution in [3.05, 3.63) is 50.9 Å². The van der Waals surface area contributed by atoms with E-state index >= 15 is 0 Å². The molecule has 0 radical (unpaired) electrons. The van der Waals surface area contributed by atoms with Crippen molar-refractivity contribution in [2.24, 2.45) is 0 Å². The molecule has 0 saturated heterocycles. The van der Waals surface area contributed by atoms with Gasteiger partial charge < -0.3 is 5.32 Å². The van der Waals surface area contributed by atoms with Crippen LogP contribution in [-0.2, 0) is 0 Å². The van der Waals surface area contributed by atoms with Crippen molar-refractivity contribution in [2.75, 3.05) is 5.32 Å². The first-order valence-electron chi connectivity index (χ1n) is 6.03. The van der Waals surface area contributed by atoms with E-state index in [2.05, 4.69) is 36.8 Å². The van der Waals surface area contributed by atoms with Gasteiger partial charge in [0, 0.05) is 10.2 Å². The van der Waals surface area contributed by atoms with E-state index in [0.717, 1.165) is 21.4 Å². The Balaban J connectivity index is 1.90. The summed E-state index contributed by atoms with van der Waals surface area (Å²) < 4.78 is 2.33. The number of rotatable bonds is 3. The first-order chi connectivity index (χ1) is 10.1. The lowest BCUT2D eigenvalue weighted by Crippen LogP contribution is -2.12. The Morgan fingerprint density at radius 1 is 1.38 bits per heavy atom. The Bertz CT molecular complexity index is 784. The standard InChI is InChI=1S/C13H10BrN5OS/c1-8-2-3-9(19-7-15-17-18-19)6-11(8)16-13(20)12-10(14)4-5-21-12/h2-7H,1H3,(H,16,20). The molecule has 0 spiro atoms. The molecule has 0 aliphatic rings. The van der Waals surface area contributed by atoms with Gasteiger partial charge in [-0.15, -0.1) is 16.4 Å². The zero-order chi connectivity index (χ0) is 14.8. The Hall–Kier alpha value is -2.06. The molecule has 3 aromatic rings. The third kappa shape index (κ3) is 2.86. The molecule has 1 N–H and O–H groups in total. The number of nitrogens with zero attached hydrogens (tertiary/aromatic N) is 4. The number of aromatic nitrogens is 4. The van der Waals surface area contributed by atoms with Crippen molar-refractivity contribution >= 4 is 38.9 Å². The van der Waals surface area contributed by atoms with Crippen LogP contribution >= 0.6 is 27.3 Å². The van der Waals surface area contributed by atoms with Gasteiger partial charge in [0.2, 0.25) is 0 Å². The summed E-state index contributed by atoms with van der Waals surface area (Å²) in [6.07, 6.45) is 1.51. The van der Waals surface area contributed by atoms with Gasteiger partial charge in [-0.2, -0.15) is 0 Å². The van der Waals surface area contributed by atoms with Crippen molar-refractivity contribution in [3.8, 4) is 5.69 Å². The first-order valence-corrected chi connectivity index (χ1v) is 7.71. The van der Waals surface area contributed by atoms with Crippen LogP contribution in [0.1, 0.15) is 15.2 Å². The molecule has 2 heterocycles. The van der Waals surface area contributed by atoms with E-state index in [9.17, 15) is 4.79 Å². The van der Waals surface area contributed by atoms with Gasteiger partial charge in [-0.05, 0) is 62.4 Å². The zero-order valence-corrected chi connectivity index (χ0v) is 13.3. The molecule has 21 heavy (non-hydrogen) atoms. The van der Waals surface area contributed by atoms with Gasteiger partial charge in [0.25, 0.3) is 5.91 Å². The highest BCUT2D eigenvalue weighted by atomic mass is 79.9. The topological polar surface area (TPSA) is 72.7 Å². The van der Waals surface area contributed by atoms with E-state index in [4.69, 9.17) is 0 Å². The molecule has 8 heteroatoms. The zero-order valence-electron chi connectivity index (χ0n) is 10.9. The SMILES string of the molecule is Cc1ccc(-n2cnnn2)cc1NC(=O)c1sccc1Br. The normalized spacial score (nSPS) is 10.6. The molecule has 0 aliphatic heterocycles. The van der Waals surface area contributed by atoms with Gasteiger partial charge >= 0.3 is 0 Å². The second-order valence-electron chi connectivity index (χ2n) is 4.31. The fourth-order valence-corrected chi connectivity index (χ4v) is 3.25. The summed E-state index contributed by atoms with van der Waals surface area (Å²) in [5, 5.41) is 15.8.